The summed E-state index contributed by atoms with van der Waals surface area (Å²) in [6.45, 7) is 3.33. The van der Waals surface area contributed by atoms with E-state index < -0.39 is 17.2 Å². The molecule has 0 aliphatic rings. The maximum Gasteiger partial charge on any atom is 0.225 e. The first-order valence-electron chi connectivity index (χ1n) is 5.27. The second kappa shape index (κ2) is 5.39. The number of hydrogen-bond acceptors (Lipinski definition) is 2. The maximum absolute atomic E-state index is 12.9. The number of carbonyl (C=O) groups excluding carboxylic acids is 1. The van der Waals surface area contributed by atoms with Gasteiger partial charge in [-0.1, -0.05) is 18.3 Å². The van der Waals surface area contributed by atoms with E-state index in [9.17, 15) is 13.6 Å². The Morgan fingerprint density at radius 3 is 2.50 bits per heavy atom. The number of benzene rings is 1. The number of nitrogens with one attached hydrogen (secondary N) is 1. The van der Waals surface area contributed by atoms with Gasteiger partial charge in [-0.25, -0.2) is 8.78 Å². The van der Waals surface area contributed by atoms with Crippen LogP contribution in [0.4, 0.5) is 8.78 Å². The van der Waals surface area contributed by atoms with E-state index in [1.807, 2.05) is 0 Å². The quantitative estimate of drug-likeness (QED) is 0.820. The third kappa shape index (κ3) is 3.73. The highest BCUT2D eigenvalue weighted by Crippen LogP contribution is 2.10. The van der Waals surface area contributed by atoms with Crippen LogP contribution in [0.2, 0.25) is 0 Å². The molecular weight excluding hydrogens is 258 g/mol. The van der Waals surface area contributed by atoms with E-state index in [2.05, 4.69) is 5.32 Å². The molecule has 6 heteroatoms. The molecular formula is C12H14F2N2OS. The monoisotopic (exact) mass is 272 g/mol. The van der Waals surface area contributed by atoms with Gasteiger partial charge in [0.05, 0.1) is 16.9 Å². The van der Waals surface area contributed by atoms with Crippen molar-refractivity contribution in [1.82, 2.24) is 5.32 Å². The molecule has 0 radical (unpaired) electrons. The van der Waals surface area contributed by atoms with Crippen molar-refractivity contribution in [3.8, 4) is 0 Å². The molecule has 0 unspecified atom stereocenters. The van der Waals surface area contributed by atoms with Gasteiger partial charge in [0.2, 0.25) is 5.91 Å². The molecule has 0 saturated carbocycles. The molecule has 3 N–H and O–H groups in total. The Labute approximate surface area is 109 Å². The van der Waals surface area contributed by atoms with Gasteiger partial charge in [0, 0.05) is 0 Å². The number of halogens is 2. The maximum atomic E-state index is 12.9. The molecule has 98 valence electrons. The van der Waals surface area contributed by atoms with Gasteiger partial charge in [0.15, 0.2) is 11.6 Å². The van der Waals surface area contributed by atoms with Gasteiger partial charge in [-0.15, -0.1) is 0 Å². The summed E-state index contributed by atoms with van der Waals surface area (Å²) in [6.07, 6.45) is -0.0662. The number of nitrogens with two attached hydrogens (primary N) is 1. The van der Waals surface area contributed by atoms with Crippen molar-refractivity contribution in [3.63, 3.8) is 0 Å². The molecule has 1 amide bonds. The number of thiocarbonyl (C=S) groups is 1. The molecule has 0 heterocycles. The van der Waals surface area contributed by atoms with Gasteiger partial charge in [-0.05, 0) is 31.5 Å². The Morgan fingerprint density at radius 2 is 2.00 bits per heavy atom. The van der Waals surface area contributed by atoms with Gasteiger partial charge in [-0.2, -0.15) is 0 Å². The van der Waals surface area contributed by atoms with Crippen molar-refractivity contribution >= 4 is 23.1 Å². The standard InChI is InChI=1S/C12H14F2N2OS/c1-12(2,11(15)18)16-10(17)6-7-3-4-8(13)9(14)5-7/h3-5H,6H2,1-2H3,(H2,15,18)(H,16,17). The first kappa shape index (κ1) is 14.5. The smallest absolute Gasteiger partial charge is 0.225 e. The van der Waals surface area contributed by atoms with Crippen molar-refractivity contribution in [3.05, 3.63) is 35.4 Å². The Morgan fingerprint density at radius 1 is 1.39 bits per heavy atom. The highest BCUT2D eigenvalue weighted by atomic mass is 32.1. The van der Waals surface area contributed by atoms with Crippen LogP contribution >= 0.6 is 12.2 Å². The lowest BCUT2D eigenvalue weighted by molar-refractivity contribution is -0.121. The van der Waals surface area contributed by atoms with E-state index in [0.29, 0.717) is 5.56 Å². The summed E-state index contributed by atoms with van der Waals surface area (Å²) in [4.78, 5) is 11.8. The second-order valence-corrected chi connectivity index (χ2v) is 4.90. The molecule has 0 aliphatic heterocycles. The molecule has 0 spiro atoms. The topological polar surface area (TPSA) is 55.1 Å². The summed E-state index contributed by atoms with van der Waals surface area (Å²) in [5.41, 5.74) is 5.03. The van der Waals surface area contributed by atoms with E-state index in [1.54, 1.807) is 13.8 Å². The first-order chi connectivity index (χ1) is 8.22. The minimum absolute atomic E-state index is 0.0662. The largest absolute Gasteiger partial charge is 0.391 e. The zero-order chi connectivity index (χ0) is 13.9. The van der Waals surface area contributed by atoms with Crippen LogP contribution in [0.25, 0.3) is 0 Å². The predicted octanol–water partition coefficient (Wildman–Crippen LogP) is 1.69. The van der Waals surface area contributed by atoms with E-state index in [0.717, 1.165) is 12.1 Å². The Balaban J connectivity index is 2.71. The molecule has 0 aliphatic carbocycles. The molecule has 0 bridgehead atoms. The summed E-state index contributed by atoms with van der Waals surface area (Å²) in [7, 11) is 0. The normalized spacial score (nSPS) is 11.1. The number of amides is 1. The third-order valence-electron chi connectivity index (χ3n) is 2.42. The van der Waals surface area contributed by atoms with Crippen LogP contribution in [-0.4, -0.2) is 16.4 Å². The molecule has 0 fully saturated rings. The lowest BCUT2D eigenvalue weighted by atomic mass is 10.0. The molecule has 0 saturated heterocycles. The predicted molar refractivity (Wildman–Crippen MR) is 69.1 cm³/mol. The average Bonchev–Trinajstić information content (AvgIpc) is 2.22. The Bertz CT molecular complexity index is 489. The summed E-state index contributed by atoms with van der Waals surface area (Å²) >= 11 is 4.81. The van der Waals surface area contributed by atoms with Crippen LogP contribution in [0.3, 0.4) is 0 Å². The lowest BCUT2D eigenvalue weighted by Gasteiger charge is -2.24. The van der Waals surface area contributed by atoms with Crippen LogP contribution in [0, 0.1) is 11.6 Å². The number of rotatable bonds is 4. The zero-order valence-corrected chi connectivity index (χ0v) is 10.9. The van der Waals surface area contributed by atoms with Crippen molar-refractivity contribution in [2.75, 3.05) is 0 Å². The van der Waals surface area contributed by atoms with Crippen molar-refractivity contribution < 1.29 is 13.6 Å². The average molecular weight is 272 g/mol. The zero-order valence-electron chi connectivity index (χ0n) is 10.1. The fraction of sp³-hybridized carbons (Fsp3) is 0.333. The minimum Gasteiger partial charge on any atom is -0.391 e. The third-order valence-corrected chi connectivity index (χ3v) is 2.93. The van der Waals surface area contributed by atoms with Gasteiger partial charge in [-0.3, -0.25) is 4.79 Å². The second-order valence-electron chi connectivity index (χ2n) is 4.46. The van der Waals surface area contributed by atoms with E-state index >= 15 is 0 Å². The fourth-order valence-corrected chi connectivity index (χ4v) is 1.34. The van der Waals surface area contributed by atoms with Crippen LogP contribution in [0.15, 0.2) is 18.2 Å². The number of carbonyl (C=O) groups is 1. The first-order valence-corrected chi connectivity index (χ1v) is 5.68. The van der Waals surface area contributed by atoms with Gasteiger partial charge < -0.3 is 11.1 Å². The fourth-order valence-electron chi connectivity index (χ4n) is 1.29. The van der Waals surface area contributed by atoms with E-state index in [4.69, 9.17) is 18.0 Å². The molecule has 0 aromatic heterocycles. The van der Waals surface area contributed by atoms with Crippen molar-refractivity contribution in [2.45, 2.75) is 25.8 Å². The summed E-state index contributed by atoms with van der Waals surface area (Å²) < 4.78 is 25.7. The Hall–Kier alpha value is -1.56. The van der Waals surface area contributed by atoms with Crippen LogP contribution in [0.5, 0.6) is 0 Å². The van der Waals surface area contributed by atoms with Gasteiger partial charge in [0.25, 0.3) is 0 Å². The molecule has 0 atom stereocenters. The Kier molecular flexibility index (Phi) is 4.34. The summed E-state index contributed by atoms with van der Waals surface area (Å²) in [6, 6.07) is 3.32. The summed E-state index contributed by atoms with van der Waals surface area (Å²) in [5.74, 6) is -2.28. The lowest BCUT2D eigenvalue weighted by Crippen LogP contribution is -2.52. The molecule has 3 nitrogen and oxygen atoms in total. The highest BCUT2D eigenvalue weighted by molar-refractivity contribution is 7.80. The van der Waals surface area contributed by atoms with Crippen LogP contribution in [-0.2, 0) is 11.2 Å². The minimum atomic E-state index is -0.978. The van der Waals surface area contributed by atoms with E-state index in [1.165, 1.54) is 6.07 Å². The molecule has 1 rings (SSSR count). The highest BCUT2D eigenvalue weighted by Gasteiger charge is 2.23. The van der Waals surface area contributed by atoms with Gasteiger partial charge >= 0.3 is 0 Å². The van der Waals surface area contributed by atoms with Gasteiger partial charge in [0.1, 0.15) is 0 Å². The van der Waals surface area contributed by atoms with Crippen molar-refractivity contribution in [2.24, 2.45) is 5.73 Å². The molecule has 18 heavy (non-hydrogen) atoms. The molecule has 1 aromatic rings. The van der Waals surface area contributed by atoms with Crippen molar-refractivity contribution in [1.29, 1.82) is 0 Å². The van der Waals surface area contributed by atoms with Crippen LogP contribution < -0.4 is 11.1 Å². The summed E-state index contributed by atoms with van der Waals surface area (Å²) in [5, 5.41) is 2.62. The molecule has 1 aromatic carbocycles. The van der Waals surface area contributed by atoms with Crippen LogP contribution in [0.1, 0.15) is 19.4 Å². The SMILES string of the molecule is CC(C)(NC(=O)Cc1ccc(F)c(F)c1)C(N)=S. The number of hydrogen-bond donors (Lipinski definition) is 2. The van der Waals surface area contributed by atoms with E-state index in [-0.39, 0.29) is 17.3 Å².